The maximum Gasteiger partial charge on any atom is 0.311 e. The number of benzene rings is 2. The second kappa shape index (κ2) is 8.37. The van der Waals surface area contributed by atoms with Gasteiger partial charge in [0, 0.05) is 5.02 Å². The number of hydrogen-bond acceptors (Lipinski definition) is 3. The van der Waals surface area contributed by atoms with Crippen molar-refractivity contribution < 1.29 is 14.3 Å². The Hall–Kier alpha value is -2.04. The minimum absolute atomic E-state index is 0.108. The lowest BCUT2D eigenvalue weighted by Gasteiger charge is -2.14. The van der Waals surface area contributed by atoms with Gasteiger partial charge in [-0.25, -0.2) is 0 Å². The predicted molar refractivity (Wildman–Crippen MR) is 100 cm³/mol. The molecule has 0 saturated carbocycles. The molecular formula is C19H19Cl2NO3. The Labute approximate surface area is 157 Å². The van der Waals surface area contributed by atoms with Gasteiger partial charge in [0.1, 0.15) is 0 Å². The highest BCUT2D eigenvalue weighted by Crippen LogP contribution is 2.25. The molecule has 1 amide bonds. The van der Waals surface area contributed by atoms with Crippen molar-refractivity contribution in [2.45, 2.75) is 33.3 Å². The lowest BCUT2D eigenvalue weighted by Crippen LogP contribution is -2.30. The summed E-state index contributed by atoms with van der Waals surface area (Å²) in [5.74, 6) is -0.944. The second-order valence-corrected chi connectivity index (χ2v) is 6.68. The predicted octanol–water partition coefficient (Wildman–Crippen LogP) is 4.72. The third kappa shape index (κ3) is 5.48. The van der Waals surface area contributed by atoms with Crippen molar-refractivity contribution >= 4 is 40.8 Å². The Morgan fingerprint density at radius 3 is 2.48 bits per heavy atom. The Bertz CT molecular complexity index is 805. The number of nitrogens with one attached hydrogen (secondary N) is 1. The summed E-state index contributed by atoms with van der Waals surface area (Å²) < 4.78 is 5.20. The van der Waals surface area contributed by atoms with E-state index in [4.69, 9.17) is 27.9 Å². The summed E-state index contributed by atoms with van der Waals surface area (Å²) in [6, 6.07) is 10.5. The molecule has 0 aliphatic carbocycles. The Morgan fingerprint density at radius 2 is 1.80 bits per heavy atom. The standard InChI is InChI=1S/C19H19Cl2NO3/c1-11-4-5-14(8-12(11)2)9-18(23)25-13(3)19(24)22-17-10-15(20)6-7-16(17)21/h4-8,10,13H,9H2,1-3H3,(H,22,24)/t13-/m1/s1. The van der Waals surface area contributed by atoms with E-state index in [9.17, 15) is 9.59 Å². The second-order valence-electron chi connectivity index (χ2n) is 5.84. The zero-order chi connectivity index (χ0) is 18.6. The number of hydrogen-bond donors (Lipinski definition) is 1. The van der Waals surface area contributed by atoms with Crippen LogP contribution in [0.25, 0.3) is 0 Å². The fourth-order valence-electron chi connectivity index (χ4n) is 2.20. The minimum Gasteiger partial charge on any atom is -0.452 e. The van der Waals surface area contributed by atoms with Crippen LogP contribution in [0.5, 0.6) is 0 Å². The fourth-order valence-corrected chi connectivity index (χ4v) is 2.54. The van der Waals surface area contributed by atoms with Crippen LogP contribution in [0.3, 0.4) is 0 Å². The first-order valence-corrected chi connectivity index (χ1v) is 8.53. The lowest BCUT2D eigenvalue weighted by atomic mass is 10.0. The lowest BCUT2D eigenvalue weighted by molar-refractivity contribution is -0.152. The van der Waals surface area contributed by atoms with E-state index in [-0.39, 0.29) is 6.42 Å². The van der Waals surface area contributed by atoms with Crippen LogP contribution in [0.2, 0.25) is 10.0 Å². The molecule has 1 N–H and O–H groups in total. The molecule has 0 fully saturated rings. The van der Waals surface area contributed by atoms with Crippen LogP contribution in [0.15, 0.2) is 36.4 Å². The average molecular weight is 380 g/mol. The van der Waals surface area contributed by atoms with E-state index in [0.717, 1.165) is 16.7 Å². The van der Waals surface area contributed by atoms with Crippen LogP contribution < -0.4 is 5.32 Å². The number of aryl methyl sites for hydroxylation is 2. The molecule has 2 aromatic rings. The summed E-state index contributed by atoms with van der Waals surface area (Å²) in [6.07, 6.45) is -0.842. The molecule has 0 radical (unpaired) electrons. The van der Waals surface area contributed by atoms with Crippen molar-refractivity contribution in [1.29, 1.82) is 0 Å². The maximum absolute atomic E-state index is 12.2. The summed E-state index contributed by atoms with van der Waals surface area (Å²) in [5, 5.41) is 3.40. The van der Waals surface area contributed by atoms with E-state index in [1.54, 1.807) is 12.1 Å². The molecule has 0 aliphatic heterocycles. The zero-order valence-electron chi connectivity index (χ0n) is 14.2. The van der Waals surface area contributed by atoms with Gasteiger partial charge in [-0.05, 0) is 55.7 Å². The molecule has 132 valence electrons. The van der Waals surface area contributed by atoms with E-state index in [1.165, 1.54) is 13.0 Å². The third-order valence-electron chi connectivity index (χ3n) is 3.78. The molecular weight excluding hydrogens is 361 g/mol. The summed E-state index contributed by atoms with van der Waals surface area (Å²) in [6.45, 7) is 5.49. The molecule has 6 heteroatoms. The van der Waals surface area contributed by atoms with Gasteiger partial charge in [-0.15, -0.1) is 0 Å². The highest BCUT2D eigenvalue weighted by molar-refractivity contribution is 6.35. The van der Waals surface area contributed by atoms with Crippen molar-refractivity contribution in [2.24, 2.45) is 0 Å². The number of rotatable bonds is 5. The number of carbonyl (C=O) groups is 2. The number of amides is 1. The van der Waals surface area contributed by atoms with E-state index in [1.807, 2.05) is 32.0 Å². The molecule has 0 bridgehead atoms. The maximum atomic E-state index is 12.2. The van der Waals surface area contributed by atoms with Gasteiger partial charge in [-0.1, -0.05) is 41.4 Å². The van der Waals surface area contributed by atoms with Crippen LogP contribution >= 0.6 is 23.2 Å². The number of carbonyl (C=O) groups excluding carboxylic acids is 2. The van der Waals surface area contributed by atoms with Gasteiger partial charge < -0.3 is 10.1 Å². The molecule has 0 aliphatic rings. The average Bonchev–Trinajstić information content (AvgIpc) is 2.54. The Kier molecular flexibility index (Phi) is 6.45. The van der Waals surface area contributed by atoms with Crippen molar-refractivity contribution in [3.8, 4) is 0 Å². The largest absolute Gasteiger partial charge is 0.452 e. The summed E-state index contributed by atoms with van der Waals surface area (Å²) >= 11 is 11.9. The van der Waals surface area contributed by atoms with Gasteiger partial charge in [0.05, 0.1) is 17.1 Å². The van der Waals surface area contributed by atoms with Crippen molar-refractivity contribution in [2.75, 3.05) is 5.32 Å². The Morgan fingerprint density at radius 1 is 1.08 bits per heavy atom. The van der Waals surface area contributed by atoms with Crippen LogP contribution in [0.4, 0.5) is 5.69 Å². The number of anilines is 1. The summed E-state index contributed by atoms with van der Waals surface area (Å²) in [7, 11) is 0. The minimum atomic E-state index is -0.950. The van der Waals surface area contributed by atoms with Crippen LogP contribution in [0.1, 0.15) is 23.6 Å². The van der Waals surface area contributed by atoms with Crippen molar-refractivity contribution in [3.05, 3.63) is 63.1 Å². The SMILES string of the molecule is Cc1ccc(CC(=O)O[C@H](C)C(=O)Nc2cc(Cl)ccc2Cl)cc1C. The summed E-state index contributed by atoms with van der Waals surface area (Å²) in [5.41, 5.74) is 3.48. The van der Waals surface area contributed by atoms with Crippen molar-refractivity contribution in [3.63, 3.8) is 0 Å². The topological polar surface area (TPSA) is 55.4 Å². The molecule has 2 aromatic carbocycles. The molecule has 0 aromatic heterocycles. The molecule has 4 nitrogen and oxygen atoms in total. The number of esters is 1. The van der Waals surface area contributed by atoms with Gasteiger partial charge in [-0.2, -0.15) is 0 Å². The smallest absolute Gasteiger partial charge is 0.311 e. The molecule has 2 rings (SSSR count). The number of ether oxygens (including phenoxy) is 1. The molecule has 0 heterocycles. The van der Waals surface area contributed by atoms with E-state index in [2.05, 4.69) is 5.32 Å². The van der Waals surface area contributed by atoms with Gasteiger partial charge in [-0.3, -0.25) is 9.59 Å². The van der Waals surface area contributed by atoms with Crippen LogP contribution in [0, 0.1) is 13.8 Å². The van der Waals surface area contributed by atoms with E-state index in [0.29, 0.717) is 15.7 Å². The molecule has 0 spiro atoms. The highest BCUT2D eigenvalue weighted by Gasteiger charge is 2.19. The quantitative estimate of drug-likeness (QED) is 0.764. The van der Waals surface area contributed by atoms with Crippen molar-refractivity contribution in [1.82, 2.24) is 0 Å². The first-order valence-electron chi connectivity index (χ1n) is 7.78. The van der Waals surface area contributed by atoms with E-state index < -0.39 is 18.0 Å². The first kappa shape index (κ1) is 19.3. The zero-order valence-corrected chi connectivity index (χ0v) is 15.7. The van der Waals surface area contributed by atoms with Gasteiger partial charge in [0.25, 0.3) is 5.91 Å². The molecule has 25 heavy (non-hydrogen) atoms. The van der Waals surface area contributed by atoms with Crippen LogP contribution in [-0.4, -0.2) is 18.0 Å². The van der Waals surface area contributed by atoms with Gasteiger partial charge in [0.2, 0.25) is 0 Å². The Balaban J connectivity index is 1.94. The fraction of sp³-hybridized carbons (Fsp3) is 0.263. The molecule has 0 saturated heterocycles. The number of halogens is 2. The molecule has 1 atom stereocenters. The molecule has 0 unspecified atom stereocenters. The normalized spacial score (nSPS) is 11.7. The van der Waals surface area contributed by atoms with E-state index >= 15 is 0 Å². The van der Waals surface area contributed by atoms with Gasteiger partial charge in [0.15, 0.2) is 6.10 Å². The summed E-state index contributed by atoms with van der Waals surface area (Å²) in [4.78, 5) is 24.2. The third-order valence-corrected chi connectivity index (χ3v) is 4.35. The van der Waals surface area contributed by atoms with Gasteiger partial charge >= 0.3 is 5.97 Å². The van der Waals surface area contributed by atoms with Crippen LogP contribution in [-0.2, 0) is 20.7 Å². The highest BCUT2D eigenvalue weighted by atomic mass is 35.5. The first-order chi connectivity index (χ1) is 11.8. The monoisotopic (exact) mass is 379 g/mol.